The third kappa shape index (κ3) is 2.24. The lowest BCUT2D eigenvalue weighted by Crippen LogP contribution is -2.24. The summed E-state index contributed by atoms with van der Waals surface area (Å²) in [5.74, 6) is 0. The van der Waals surface area contributed by atoms with Gasteiger partial charge in [0, 0.05) is 11.5 Å². The fourth-order valence-electron chi connectivity index (χ4n) is 1.68. The second-order valence-electron chi connectivity index (χ2n) is 3.29. The van der Waals surface area contributed by atoms with Crippen LogP contribution in [0, 0.1) is 0 Å². The van der Waals surface area contributed by atoms with E-state index in [0.717, 1.165) is 6.42 Å². The average molecular weight is 177 g/mol. The molecule has 1 rings (SSSR count). The first-order valence-corrected chi connectivity index (χ1v) is 5.16. The molecule has 72 valence electrons. The van der Waals surface area contributed by atoms with Crippen LogP contribution in [-0.4, -0.2) is 4.98 Å². The zero-order chi connectivity index (χ0) is 9.68. The van der Waals surface area contributed by atoms with Crippen LogP contribution in [0.4, 0.5) is 0 Å². The van der Waals surface area contributed by atoms with E-state index in [4.69, 9.17) is 0 Å². The summed E-state index contributed by atoms with van der Waals surface area (Å²) in [5, 5.41) is 2.68. The van der Waals surface area contributed by atoms with Crippen molar-refractivity contribution < 1.29 is 0 Å². The summed E-state index contributed by atoms with van der Waals surface area (Å²) in [4.78, 5) is 3.32. The number of hydrogen-bond donors (Lipinski definition) is 1. The van der Waals surface area contributed by atoms with Gasteiger partial charge in [0.05, 0.1) is 0 Å². The van der Waals surface area contributed by atoms with E-state index in [9.17, 15) is 0 Å². The van der Waals surface area contributed by atoms with Crippen molar-refractivity contribution in [1.82, 2.24) is 4.98 Å². The van der Waals surface area contributed by atoms with Crippen LogP contribution in [0.1, 0.15) is 39.2 Å². The molecule has 0 radical (unpaired) electrons. The van der Waals surface area contributed by atoms with E-state index in [2.05, 4.69) is 44.1 Å². The molecule has 1 aromatic rings. The molecule has 1 heteroatoms. The summed E-state index contributed by atoms with van der Waals surface area (Å²) in [6, 6.07) is 0. The molecule has 0 aliphatic rings. The molecule has 0 spiro atoms. The fourth-order valence-corrected chi connectivity index (χ4v) is 1.68. The molecule has 1 aromatic heterocycles. The fraction of sp³-hybridized carbons (Fsp3) is 0.500. The summed E-state index contributed by atoms with van der Waals surface area (Å²) in [6.45, 7) is 6.49. The maximum Gasteiger partial charge on any atom is 0.0412 e. The number of rotatable bonds is 3. The Morgan fingerprint density at radius 3 is 2.69 bits per heavy atom. The first-order chi connectivity index (χ1) is 6.33. The Balaban J connectivity index is 3.20. The largest absolute Gasteiger partial charge is 0.361 e. The predicted octanol–water partition coefficient (Wildman–Crippen LogP) is 1.96. The van der Waals surface area contributed by atoms with Gasteiger partial charge in [0.2, 0.25) is 0 Å². The molecule has 0 saturated carbocycles. The molecular formula is C12H19N. The highest BCUT2D eigenvalue weighted by molar-refractivity contribution is 5.32. The predicted molar refractivity (Wildman–Crippen MR) is 58.9 cm³/mol. The van der Waals surface area contributed by atoms with Crippen molar-refractivity contribution in [2.24, 2.45) is 0 Å². The van der Waals surface area contributed by atoms with Crippen LogP contribution in [-0.2, 0) is 6.42 Å². The van der Waals surface area contributed by atoms with Crippen LogP contribution in [0.3, 0.4) is 0 Å². The molecular weight excluding hydrogens is 158 g/mol. The quantitative estimate of drug-likeness (QED) is 0.726. The van der Waals surface area contributed by atoms with Crippen molar-refractivity contribution in [3.63, 3.8) is 0 Å². The van der Waals surface area contributed by atoms with Gasteiger partial charge >= 0.3 is 0 Å². The molecule has 0 aliphatic carbocycles. The van der Waals surface area contributed by atoms with E-state index in [1.54, 1.807) is 0 Å². The maximum atomic E-state index is 3.32. The molecule has 0 atom stereocenters. The second kappa shape index (κ2) is 4.90. The van der Waals surface area contributed by atoms with Gasteiger partial charge in [-0.05, 0) is 30.5 Å². The minimum Gasteiger partial charge on any atom is -0.361 e. The Morgan fingerprint density at radius 2 is 2.15 bits per heavy atom. The summed E-state index contributed by atoms with van der Waals surface area (Å²) in [5.41, 5.74) is 1.45. The van der Waals surface area contributed by atoms with Crippen molar-refractivity contribution in [3.05, 3.63) is 22.3 Å². The number of nitrogens with one attached hydrogen (secondary N) is 1. The van der Waals surface area contributed by atoms with E-state index in [1.165, 1.54) is 29.0 Å². The molecule has 13 heavy (non-hydrogen) atoms. The zero-order valence-electron chi connectivity index (χ0n) is 8.85. The SMILES string of the molecule is C/C=c1/c(CCC)c[nH]/c1=C/CC. The van der Waals surface area contributed by atoms with Crippen LogP contribution in [0.25, 0.3) is 12.2 Å². The van der Waals surface area contributed by atoms with E-state index < -0.39 is 0 Å². The molecule has 0 aliphatic heterocycles. The number of H-pyrrole nitrogens is 1. The summed E-state index contributed by atoms with van der Waals surface area (Å²) in [6.07, 6.45) is 10.1. The normalized spacial score (nSPS) is 14.1. The van der Waals surface area contributed by atoms with E-state index >= 15 is 0 Å². The molecule has 1 N–H and O–H groups in total. The van der Waals surface area contributed by atoms with Crippen LogP contribution < -0.4 is 10.6 Å². The molecule has 0 unspecified atom stereocenters. The van der Waals surface area contributed by atoms with Crippen molar-refractivity contribution in [2.45, 2.75) is 40.0 Å². The van der Waals surface area contributed by atoms with Crippen molar-refractivity contribution in [3.8, 4) is 0 Å². The van der Waals surface area contributed by atoms with Crippen molar-refractivity contribution in [1.29, 1.82) is 0 Å². The molecule has 0 amide bonds. The molecule has 1 heterocycles. The van der Waals surface area contributed by atoms with Crippen LogP contribution >= 0.6 is 0 Å². The minimum atomic E-state index is 1.09. The van der Waals surface area contributed by atoms with Gasteiger partial charge in [-0.1, -0.05) is 32.4 Å². The van der Waals surface area contributed by atoms with Crippen LogP contribution in [0.15, 0.2) is 6.20 Å². The van der Waals surface area contributed by atoms with Crippen LogP contribution in [0.5, 0.6) is 0 Å². The maximum absolute atomic E-state index is 3.32. The van der Waals surface area contributed by atoms with E-state index in [1.807, 2.05) is 0 Å². The van der Waals surface area contributed by atoms with E-state index in [-0.39, 0.29) is 0 Å². The summed E-state index contributed by atoms with van der Waals surface area (Å²) in [7, 11) is 0. The Morgan fingerprint density at radius 1 is 1.38 bits per heavy atom. The highest BCUT2D eigenvalue weighted by Crippen LogP contribution is 1.92. The monoisotopic (exact) mass is 177 g/mol. The highest BCUT2D eigenvalue weighted by Gasteiger charge is 1.95. The molecule has 0 aromatic carbocycles. The first-order valence-electron chi connectivity index (χ1n) is 5.16. The molecule has 0 saturated heterocycles. The average Bonchev–Trinajstić information content (AvgIpc) is 2.49. The third-order valence-corrected chi connectivity index (χ3v) is 2.25. The zero-order valence-corrected chi connectivity index (χ0v) is 8.85. The Bertz CT molecular complexity index is 357. The van der Waals surface area contributed by atoms with Gasteiger partial charge in [0.1, 0.15) is 0 Å². The number of aromatic amines is 1. The van der Waals surface area contributed by atoms with Crippen LogP contribution in [0.2, 0.25) is 0 Å². The summed E-state index contributed by atoms with van der Waals surface area (Å²) < 4.78 is 0. The van der Waals surface area contributed by atoms with Gasteiger partial charge in [-0.3, -0.25) is 0 Å². The number of aryl methyl sites for hydroxylation is 1. The number of hydrogen-bond acceptors (Lipinski definition) is 0. The van der Waals surface area contributed by atoms with Crippen molar-refractivity contribution >= 4 is 12.2 Å². The van der Waals surface area contributed by atoms with Crippen molar-refractivity contribution in [2.75, 3.05) is 0 Å². The topological polar surface area (TPSA) is 15.8 Å². The second-order valence-corrected chi connectivity index (χ2v) is 3.29. The lowest BCUT2D eigenvalue weighted by Gasteiger charge is -1.90. The van der Waals surface area contributed by atoms with E-state index in [0.29, 0.717) is 0 Å². The highest BCUT2D eigenvalue weighted by atomic mass is 14.7. The Hall–Kier alpha value is -0.980. The Labute approximate surface area is 80.2 Å². The molecule has 1 nitrogen and oxygen atoms in total. The Kier molecular flexibility index (Phi) is 3.81. The van der Waals surface area contributed by atoms with Gasteiger partial charge in [0.15, 0.2) is 0 Å². The number of aromatic nitrogens is 1. The molecule has 0 fully saturated rings. The lowest BCUT2D eigenvalue weighted by atomic mass is 10.1. The standard InChI is InChI=1S/C12H19N/c1-4-7-10-9-13-12(8-5-2)11(10)6-3/h6,8-9,13H,4-5,7H2,1-3H3/b11-6-,12-8+. The smallest absolute Gasteiger partial charge is 0.0412 e. The summed E-state index contributed by atoms with van der Waals surface area (Å²) >= 11 is 0. The lowest BCUT2D eigenvalue weighted by molar-refractivity contribution is 0.918. The molecule has 0 bridgehead atoms. The first kappa shape index (κ1) is 10.1. The van der Waals surface area contributed by atoms with Gasteiger partial charge in [-0.2, -0.15) is 0 Å². The van der Waals surface area contributed by atoms with Gasteiger partial charge in [-0.15, -0.1) is 0 Å². The third-order valence-electron chi connectivity index (χ3n) is 2.25. The van der Waals surface area contributed by atoms with Gasteiger partial charge < -0.3 is 4.98 Å². The van der Waals surface area contributed by atoms with Gasteiger partial charge in [-0.25, -0.2) is 0 Å². The minimum absolute atomic E-state index is 1.09. The van der Waals surface area contributed by atoms with Gasteiger partial charge in [0.25, 0.3) is 0 Å².